The van der Waals surface area contributed by atoms with Crippen LogP contribution in [0.4, 0.5) is 0 Å². The van der Waals surface area contributed by atoms with Gasteiger partial charge in [-0.2, -0.15) is 0 Å². The molecule has 0 radical (unpaired) electrons. The van der Waals surface area contributed by atoms with Gasteiger partial charge in [0.05, 0.1) is 26.5 Å². The Kier molecular flexibility index (Phi) is 8.26. The van der Waals surface area contributed by atoms with E-state index < -0.39 is 11.2 Å². The summed E-state index contributed by atoms with van der Waals surface area (Å²) in [6.45, 7) is 2.84. The monoisotopic (exact) mass is 537 g/mol. The number of aromatic nitrogens is 4. The number of amides is 1. The van der Waals surface area contributed by atoms with Gasteiger partial charge in [-0.1, -0.05) is 42.1 Å². The molecule has 0 aliphatic heterocycles. The van der Waals surface area contributed by atoms with Gasteiger partial charge >= 0.3 is 5.69 Å². The zero-order valence-corrected chi connectivity index (χ0v) is 22.9. The van der Waals surface area contributed by atoms with E-state index in [0.29, 0.717) is 47.3 Å². The third-order valence-corrected chi connectivity index (χ3v) is 7.40. The number of hydrogen-bond donors (Lipinski definition) is 1. The van der Waals surface area contributed by atoms with Gasteiger partial charge in [-0.05, 0) is 42.2 Å². The predicted molar refractivity (Wildman–Crippen MR) is 147 cm³/mol. The molecule has 0 bridgehead atoms. The van der Waals surface area contributed by atoms with Crippen LogP contribution in [0.25, 0.3) is 11.2 Å². The number of thioether (sulfide) groups is 1. The van der Waals surface area contributed by atoms with Crippen molar-refractivity contribution in [3.05, 3.63) is 80.0 Å². The lowest BCUT2D eigenvalue weighted by Crippen LogP contribution is -2.37. The smallest absolute Gasteiger partial charge is 0.332 e. The number of nitrogens with zero attached hydrogens (tertiary/aromatic N) is 4. The molecule has 0 unspecified atom stereocenters. The number of benzene rings is 2. The van der Waals surface area contributed by atoms with Crippen LogP contribution in [-0.4, -0.2) is 51.1 Å². The summed E-state index contributed by atoms with van der Waals surface area (Å²) in [7, 11) is 6.21. The largest absolute Gasteiger partial charge is 0.493 e. The van der Waals surface area contributed by atoms with Crippen LogP contribution < -0.4 is 26.0 Å². The summed E-state index contributed by atoms with van der Waals surface area (Å²) < 4.78 is 14.8. The van der Waals surface area contributed by atoms with Gasteiger partial charge in [0.2, 0.25) is 5.91 Å². The van der Waals surface area contributed by atoms with Crippen molar-refractivity contribution in [2.75, 3.05) is 26.5 Å². The lowest BCUT2D eigenvalue weighted by molar-refractivity contribution is -0.118. The summed E-state index contributed by atoms with van der Waals surface area (Å²) in [4.78, 5) is 42.9. The van der Waals surface area contributed by atoms with Crippen molar-refractivity contribution < 1.29 is 14.3 Å². The number of fused-ring (bicyclic) bond motifs is 1. The third-order valence-electron chi connectivity index (χ3n) is 6.42. The summed E-state index contributed by atoms with van der Waals surface area (Å²) in [5.41, 5.74) is 2.84. The van der Waals surface area contributed by atoms with Gasteiger partial charge in [0.15, 0.2) is 27.8 Å². The average Bonchev–Trinajstić information content (AvgIpc) is 3.28. The first-order valence-electron chi connectivity index (χ1n) is 12.1. The number of carbonyl (C=O) groups is 1. The second kappa shape index (κ2) is 11.6. The molecule has 2 aromatic heterocycles. The summed E-state index contributed by atoms with van der Waals surface area (Å²) in [5, 5.41) is 3.43. The Bertz CT molecular complexity index is 1600. The molecule has 1 N–H and O–H groups in total. The number of aryl methyl sites for hydroxylation is 2. The van der Waals surface area contributed by atoms with Crippen molar-refractivity contribution in [3.63, 3.8) is 0 Å². The van der Waals surface area contributed by atoms with E-state index >= 15 is 0 Å². The molecule has 38 heavy (non-hydrogen) atoms. The standard InChI is InChI=1S/C27H31N5O5S/c1-17-8-6-7-9-19(17)15-32-23-24(30(2)27(35)31(3)25(23)34)29-26(32)38-16-22(33)28-13-12-18-10-11-20(36-4)21(14-18)37-5/h6-11,14H,12-13,15-16H2,1-5H3,(H,28,33). The van der Waals surface area contributed by atoms with Crippen molar-refractivity contribution in [3.8, 4) is 11.5 Å². The molecule has 11 heteroatoms. The molecule has 0 spiro atoms. The van der Waals surface area contributed by atoms with E-state index in [0.717, 1.165) is 21.3 Å². The minimum atomic E-state index is -0.451. The normalized spacial score (nSPS) is 11.1. The lowest BCUT2D eigenvalue weighted by atomic mass is 10.1. The van der Waals surface area contributed by atoms with E-state index in [1.165, 1.54) is 23.4 Å². The molecule has 0 atom stereocenters. The molecular weight excluding hydrogens is 506 g/mol. The van der Waals surface area contributed by atoms with Gasteiger partial charge in [-0.25, -0.2) is 9.78 Å². The Hall–Kier alpha value is -3.99. The topological polar surface area (TPSA) is 109 Å². The highest BCUT2D eigenvalue weighted by atomic mass is 32.2. The number of carbonyl (C=O) groups excluding carboxylic acids is 1. The van der Waals surface area contributed by atoms with E-state index in [-0.39, 0.29) is 11.7 Å². The summed E-state index contributed by atoms with van der Waals surface area (Å²) in [6, 6.07) is 13.5. The minimum absolute atomic E-state index is 0.108. The van der Waals surface area contributed by atoms with Crippen LogP contribution in [0.5, 0.6) is 11.5 Å². The van der Waals surface area contributed by atoms with E-state index in [2.05, 4.69) is 10.3 Å². The van der Waals surface area contributed by atoms with E-state index in [1.54, 1.807) is 25.8 Å². The Labute approximate surface area is 224 Å². The summed E-state index contributed by atoms with van der Waals surface area (Å²) >= 11 is 1.23. The Morgan fingerprint density at radius 2 is 1.76 bits per heavy atom. The van der Waals surface area contributed by atoms with Gasteiger partial charge in [0.25, 0.3) is 5.56 Å². The molecule has 4 aromatic rings. The van der Waals surface area contributed by atoms with E-state index in [1.807, 2.05) is 49.4 Å². The molecule has 200 valence electrons. The highest BCUT2D eigenvalue weighted by Gasteiger charge is 2.20. The van der Waals surface area contributed by atoms with Gasteiger partial charge in [0, 0.05) is 20.6 Å². The number of hydrogen-bond acceptors (Lipinski definition) is 7. The second-order valence-corrected chi connectivity index (χ2v) is 9.81. The van der Waals surface area contributed by atoms with Gasteiger partial charge < -0.3 is 19.4 Å². The molecule has 0 aliphatic carbocycles. The molecule has 2 heterocycles. The highest BCUT2D eigenvalue weighted by Crippen LogP contribution is 2.27. The number of rotatable bonds is 10. The minimum Gasteiger partial charge on any atom is -0.493 e. The molecule has 0 saturated carbocycles. The van der Waals surface area contributed by atoms with Crippen LogP contribution in [-0.2, 0) is 31.9 Å². The Balaban J connectivity index is 1.52. The van der Waals surface area contributed by atoms with Gasteiger partial charge in [0.1, 0.15) is 0 Å². The predicted octanol–water partition coefficient (Wildman–Crippen LogP) is 2.26. The summed E-state index contributed by atoms with van der Waals surface area (Å²) in [5.74, 6) is 1.24. The number of methoxy groups -OCH3 is 2. The number of nitrogens with one attached hydrogen (secondary N) is 1. The second-order valence-electron chi connectivity index (χ2n) is 8.86. The maximum atomic E-state index is 13.1. The molecule has 0 saturated heterocycles. The molecule has 2 aromatic carbocycles. The van der Waals surface area contributed by atoms with E-state index in [4.69, 9.17) is 9.47 Å². The fourth-order valence-electron chi connectivity index (χ4n) is 4.20. The van der Waals surface area contributed by atoms with Crippen LogP contribution in [0.15, 0.2) is 57.2 Å². The Morgan fingerprint density at radius 3 is 2.47 bits per heavy atom. The van der Waals surface area contributed by atoms with Gasteiger partial charge in [-0.3, -0.25) is 18.7 Å². The summed E-state index contributed by atoms with van der Waals surface area (Å²) in [6.07, 6.45) is 0.626. The number of ether oxygens (including phenoxy) is 2. The fraction of sp³-hybridized carbons (Fsp3) is 0.333. The van der Waals surface area contributed by atoms with Crippen LogP contribution in [0.2, 0.25) is 0 Å². The fourth-order valence-corrected chi connectivity index (χ4v) is 5.03. The van der Waals surface area contributed by atoms with Crippen LogP contribution in [0, 0.1) is 6.92 Å². The first-order chi connectivity index (χ1) is 18.2. The SMILES string of the molecule is COc1ccc(CCNC(=O)CSc2nc3c(c(=O)n(C)c(=O)n3C)n2Cc2ccccc2C)cc1OC. The third kappa shape index (κ3) is 5.47. The highest BCUT2D eigenvalue weighted by molar-refractivity contribution is 7.99. The molecule has 10 nitrogen and oxygen atoms in total. The van der Waals surface area contributed by atoms with Crippen molar-refractivity contribution in [1.82, 2.24) is 24.0 Å². The van der Waals surface area contributed by atoms with Crippen molar-refractivity contribution >= 4 is 28.8 Å². The van der Waals surface area contributed by atoms with Crippen LogP contribution in [0.3, 0.4) is 0 Å². The zero-order chi connectivity index (χ0) is 27.4. The Morgan fingerprint density at radius 1 is 1.03 bits per heavy atom. The molecule has 1 amide bonds. The quantitative estimate of drug-likeness (QED) is 0.309. The number of imidazole rings is 1. The zero-order valence-electron chi connectivity index (χ0n) is 22.1. The van der Waals surface area contributed by atoms with Crippen LogP contribution >= 0.6 is 11.8 Å². The molecular formula is C27H31N5O5S. The first-order valence-corrected chi connectivity index (χ1v) is 13.0. The maximum absolute atomic E-state index is 13.1. The van der Waals surface area contributed by atoms with Gasteiger partial charge in [-0.15, -0.1) is 0 Å². The lowest BCUT2D eigenvalue weighted by Gasteiger charge is -2.12. The van der Waals surface area contributed by atoms with Crippen molar-refractivity contribution in [2.24, 2.45) is 14.1 Å². The van der Waals surface area contributed by atoms with Crippen LogP contribution in [0.1, 0.15) is 16.7 Å². The van der Waals surface area contributed by atoms with Crippen molar-refractivity contribution in [1.29, 1.82) is 0 Å². The van der Waals surface area contributed by atoms with Crippen molar-refractivity contribution in [2.45, 2.75) is 25.0 Å². The first kappa shape index (κ1) is 27.1. The molecule has 4 rings (SSSR count). The average molecular weight is 538 g/mol. The van der Waals surface area contributed by atoms with E-state index in [9.17, 15) is 14.4 Å². The molecule has 0 aliphatic rings. The maximum Gasteiger partial charge on any atom is 0.332 e. The molecule has 0 fully saturated rings.